The number of hydrogen-bond acceptors (Lipinski definition) is 5. The van der Waals surface area contributed by atoms with Crippen molar-refractivity contribution in [1.82, 2.24) is 15.3 Å². The van der Waals surface area contributed by atoms with Crippen molar-refractivity contribution in [2.45, 2.75) is 40.0 Å². The topological polar surface area (TPSA) is 51.0 Å². The molecule has 0 atom stereocenters. The highest BCUT2D eigenvalue weighted by atomic mass is 32.1. The Labute approximate surface area is 118 Å². The van der Waals surface area contributed by atoms with Crippen molar-refractivity contribution in [3.05, 3.63) is 22.8 Å². The summed E-state index contributed by atoms with van der Waals surface area (Å²) in [6.07, 6.45) is 4.93. The molecule has 104 valence electrons. The molecule has 0 aliphatic rings. The molecule has 0 radical (unpaired) electrons. The van der Waals surface area contributed by atoms with Crippen LogP contribution >= 0.6 is 11.3 Å². The van der Waals surface area contributed by atoms with E-state index < -0.39 is 0 Å². The molecular weight excluding hydrogens is 258 g/mol. The van der Waals surface area contributed by atoms with Crippen LogP contribution in [0.5, 0.6) is 0 Å². The molecule has 0 aliphatic heterocycles. The van der Waals surface area contributed by atoms with Gasteiger partial charge in [0.25, 0.3) is 0 Å². The lowest BCUT2D eigenvalue weighted by Gasteiger charge is -2.00. The summed E-state index contributed by atoms with van der Waals surface area (Å²) in [7, 11) is 0. The highest BCUT2D eigenvalue weighted by molar-refractivity contribution is 7.15. The highest BCUT2D eigenvalue weighted by Gasteiger charge is 2.12. The molecule has 0 bridgehead atoms. The molecule has 0 spiro atoms. The van der Waals surface area contributed by atoms with Gasteiger partial charge in [0.1, 0.15) is 0 Å². The molecule has 0 saturated heterocycles. The number of oxazole rings is 1. The summed E-state index contributed by atoms with van der Waals surface area (Å²) in [5.74, 6) is 1.67. The molecule has 2 rings (SSSR count). The second-order valence-electron chi connectivity index (χ2n) is 4.62. The van der Waals surface area contributed by atoms with E-state index in [0.717, 1.165) is 53.2 Å². The van der Waals surface area contributed by atoms with Crippen LogP contribution in [-0.4, -0.2) is 23.1 Å². The average molecular weight is 279 g/mol. The monoisotopic (exact) mass is 279 g/mol. The van der Waals surface area contributed by atoms with Gasteiger partial charge < -0.3 is 9.73 Å². The summed E-state index contributed by atoms with van der Waals surface area (Å²) >= 11 is 1.66. The second-order valence-corrected chi connectivity index (χ2v) is 5.82. The number of rotatable bonds is 7. The summed E-state index contributed by atoms with van der Waals surface area (Å²) < 4.78 is 5.80. The zero-order chi connectivity index (χ0) is 13.7. The summed E-state index contributed by atoms with van der Waals surface area (Å²) in [5, 5.41) is 4.44. The first kappa shape index (κ1) is 14.2. The van der Waals surface area contributed by atoms with E-state index in [9.17, 15) is 0 Å². The van der Waals surface area contributed by atoms with Crippen molar-refractivity contribution in [1.29, 1.82) is 0 Å². The van der Waals surface area contributed by atoms with Crippen molar-refractivity contribution < 1.29 is 4.42 Å². The van der Waals surface area contributed by atoms with Crippen molar-refractivity contribution >= 4 is 11.3 Å². The molecule has 2 aromatic rings. The third-order valence-electron chi connectivity index (χ3n) is 2.85. The fourth-order valence-corrected chi connectivity index (χ4v) is 2.82. The molecule has 0 amide bonds. The Hall–Kier alpha value is -1.20. The third-order valence-corrected chi connectivity index (χ3v) is 3.94. The van der Waals surface area contributed by atoms with Crippen LogP contribution in [0.25, 0.3) is 10.6 Å². The van der Waals surface area contributed by atoms with E-state index in [1.807, 2.05) is 20.0 Å². The van der Waals surface area contributed by atoms with E-state index in [2.05, 4.69) is 22.2 Å². The number of aryl methyl sites for hydroxylation is 3. The minimum atomic E-state index is 0.818. The molecule has 2 aromatic heterocycles. The predicted octanol–water partition coefficient (Wildman–Crippen LogP) is 3.35. The summed E-state index contributed by atoms with van der Waals surface area (Å²) in [4.78, 5) is 9.86. The predicted molar refractivity (Wildman–Crippen MR) is 78.6 cm³/mol. The van der Waals surface area contributed by atoms with Crippen LogP contribution in [0, 0.1) is 13.8 Å². The maximum atomic E-state index is 5.80. The van der Waals surface area contributed by atoms with Crippen LogP contribution in [0.4, 0.5) is 0 Å². The van der Waals surface area contributed by atoms with E-state index in [0.29, 0.717) is 0 Å². The van der Waals surface area contributed by atoms with Crippen LogP contribution in [-0.2, 0) is 6.42 Å². The Morgan fingerprint density at radius 2 is 2.16 bits per heavy atom. The molecule has 0 aliphatic carbocycles. The maximum absolute atomic E-state index is 5.80. The lowest BCUT2D eigenvalue weighted by atomic mass is 10.3. The van der Waals surface area contributed by atoms with Crippen molar-refractivity contribution in [3.8, 4) is 10.6 Å². The van der Waals surface area contributed by atoms with Gasteiger partial charge in [-0.1, -0.05) is 6.92 Å². The smallest absolute Gasteiger partial charge is 0.194 e. The fraction of sp³-hybridized carbons (Fsp3) is 0.571. The van der Waals surface area contributed by atoms with E-state index in [1.54, 1.807) is 11.3 Å². The Bertz CT molecular complexity index is 518. The number of nitrogens with zero attached hydrogens (tertiary/aromatic N) is 2. The van der Waals surface area contributed by atoms with E-state index >= 15 is 0 Å². The van der Waals surface area contributed by atoms with Crippen molar-refractivity contribution in [3.63, 3.8) is 0 Å². The van der Waals surface area contributed by atoms with Crippen LogP contribution in [0.2, 0.25) is 0 Å². The van der Waals surface area contributed by atoms with Crippen LogP contribution in [0.1, 0.15) is 36.4 Å². The quantitative estimate of drug-likeness (QED) is 0.790. The normalized spacial score (nSPS) is 11.1. The van der Waals surface area contributed by atoms with Gasteiger partial charge in [0, 0.05) is 6.42 Å². The zero-order valence-corrected chi connectivity index (χ0v) is 12.6. The molecule has 1 N–H and O–H groups in total. The number of hydrogen-bond donors (Lipinski definition) is 1. The maximum Gasteiger partial charge on any atom is 0.194 e. The van der Waals surface area contributed by atoms with Crippen molar-refractivity contribution in [2.24, 2.45) is 0 Å². The fourth-order valence-electron chi connectivity index (χ4n) is 1.96. The van der Waals surface area contributed by atoms with Gasteiger partial charge in [-0.15, -0.1) is 11.3 Å². The van der Waals surface area contributed by atoms with Gasteiger partial charge in [-0.3, -0.25) is 0 Å². The Kier molecular flexibility index (Phi) is 5.10. The molecule has 2 heterocycles. The standard InChI is InChI=1S/C14H21N3OS/c1-4-7-15-8-5-6-13-16-9-12(18-13)14-10(2)17-11(3)19-14/h9,15H,4-8H2,1-3H3. The summed E-state index contributed by atoms with van der Waals surface area (Å²) in [6.45, 7) is 8.29. The number of nitrogens with one attached hydrogen (secondary N) is 1. The first-order valence-electron chi connectivity index (χ1n) is 6.80. The van der Waals surface area contributed by atoms with Gasteiger partial charge >= 0.3 is 0 Å². The molecule has 0 fully saturated rings. The number of thiazole rings is 1. The Morgan fingerprint density at radius 3 is 2.84 bits per heavy atom. The van der Waals surface area contributed by atoms with Crippen LogP contribution in [0.3, 0.4) is 0 Å². The van der Waals surface area contributed by atoms with Crippen LogP contribution < -0.4 is 5.32 Å². The molecule has 5 heteroatoms. The summed E-state index contributed by atoms with van der Waals surface area (Å²) in [5.41, 5.74) is 1.02. The van der Waals surface area contributed by atoms with Gasteiger partial charge in [0.05, 0.1) is 21.8 Å². The molecule has 0 unspecified atom stereocenters. The zero-order valence-electron chi connectivity index (χ0n) is 11.8. The van der Waals surface area contributed by atoms with Crippen LogP contribution in [0.15, 0.2) is 10.6 Å². The van der Waals surface area contributed by atoms with Gasteiger partial charge in [-0.25, -0.2) is 9.97 Å². The van der Waals surface area contributed by atoms with E-state index in [4.69, 9.17) is 4.42 Å². The van der Waals surface area contributed by atoms with Gasteiger partial charge in [-0.05, 0) is 39.8 Å². The largest absolute Gasteiger partial charge is 0.440 e. The minimum Gasteiger partial charge on any atom is -0.440 e. The SMILES string of the molecule is CCCNCCCc1ncc(-c2sc(C)nc2C)o1. The lowest BCUT2D eigenvalue weighted by molar-refractivity contribution is 0.492. The highest BCUT2D eigenvalue weighted by Crippen LogP contribution is 2.30. The molecule has 19 heavy (non-hydrogen) atoms. The average Bonchev–Trinajstić information content (AvgIpc) is 2.95. The Balaban J connectivity index is 1.90. The molecule has 4 nitrogen and oxygen atoms in total. The molecule has 0 aromatic carbocycles. The second kappa shape index (κ2) is 6.82. The lowest BCUT2D eigenvalue weighted by Crippen LogP contribution is -2.16. The minimum absolute atomic E-state index is 0.818. The van der Waals surface area contributed by atoms with Crippen molar-refractivity contribution in [2.75, 3.05) is 13.1 Å². The van der Waals surface area contributed by atoms with Gasteiger partial charge in [-0.2, -0.15) is 0 Å². The first-order valence-corrected chi connectivity index (χ1v) is 7.62. The van der Waals surface area contributed by atoms with E-state index in [1.165, 1.54) is 6.42 Å². The molecule has 0 saturated carbocycles. The Morgan fingerprint density at radius 1 is 1.32 bits per heavy atom. The van der Waals surface area contributed by atoms with Gasteiger partial charge in [0.15, 0.2) is 11.7 Å². The third kappa shape index (κ3) is 3.88. The van der Waals surface area contributed by atoms with E-state index in [-0.39, 0.29) is 0 Å². The molecular formula is C14H21N3OS. The van der Waals surface area contributed by atoms with Gasteiger partial charge in [0.2, 0.25) is 0 Å². The first-order chi connectivity index (χ1) is 9.20. The number of aromatic nitrogens is 2. The summed E-state index contributed by atoms with van der Waals surface area (Å²) in [6, 6.07) is 0.